The number of para-hydroxylation sites is 1. The average molecular weight is 541 g/mol. The highest BCUT2D eigenvalue weighted by atomic mass is 32.1. The molecule has 1 aliphatic carbocycles. The zero-order valence-corrected chi connectivity index (χ0v) is 22.4. The van der Waals surface area contributed by atoms with E-state index in [1.807, 2.05) is 56.3 Å². The molecule has 1 fully saturated rings. The number of carbonyl (C=O) groups excluding carboxylic acids is 1. The number of nitrogens with one attached hydrogen (secondary N) is 2. The fraction of sp³-hybridized carbons (Fsp3) is 0.226. The van der Waals surface area contributed by atoms with Gasteiger partial charge >= 0.3 is 5.97 Å². The molecule has 5 aromatic rings. The van der Waals surface area contributed by atoms with Gasteiger partial charge in [0.15, 0.2) is 0 Å². The van der Waals surface area contributed by atoms with Gasteiger partial charge in [0.05, 0.1) is 12.2 Å². The molecule has 0 unspecified atom stereocenters. The Hall–Kier alpha value is -4.14. The Kier molecular flexibility index (Phi) is 6.16. The first-order valence-corrected chi connectivity index (χ1v) is 13.7. The molecule has 2 aromatic carbocycles. The van der Waals surface area contributed by atoms with Crippen molar-refractivity contribution >= 4 is 44.9 Å². The third-order valence-corrected chi connectivity index (χ3v) is 8.71. The quantitative estimate of drug-likeness (QED) is 0.111. The van der Waals surface area contributed by atoms with E-state index in [0.29, 0.717) is 17.5 Å². The molecule has 6 rings (SSSR count). The number of aromatic hydroxyl groups is 1. The van der Waals surface area contributed by atoms with Crippen LogP contribution in [0.5, 0.6) is 5.75 Å². The fourth-order valence-corrected chi connectivity index (χ4v) is 6.36. The van der Waals surface area contributed by atoms with Crippen LogP contribution >= 0.6 is 11.3 Å². The SMILES string of the molecule is C/C(=C/Cc1ccc(C)c2c(C(=O)c3sc(C(=O)O)c(-c4c(C5CC5)[nH]c5ccccc45)c3O)c[nH]c12)CO. The third kappa shape index (κ3) is 4.16. The number of rotatable bonds is 8. The van der Waals surface area contributed by atoms with Gasteiger partial charge in [-0.1, -0.05) is 42.0 Å². The molecule has 198 valence electrons. The van der Waals surface area contributed by atoms with Crippen molar-refractivity contribution in [1.29, 1.82) is 0 Å². The summed E-state index contributed by atoms with van der Waals surface area (Å²) in [6.45, 7) is 3.75. The van der Waals surface area contributed by atoms with Crippen molar-refractivity contribution in [3.05, 3.63) is 86.4 Å². The lowest BCUT2D eigenvalue weighted by Gasteiger charge is -2.07. The minimum absolute atomic E-state index is 0.0103. The predicted molar refractivity (Wildman–Crippen MR) is 153 cm³/mol. The number of aliphatic hydroxyl groups is 1. The molecule has 3 heterocycles. The molecule has 5 N–H and O–H groups in total. The lowest BCUT2D eigenvalue weighted by molar-refractivity contribution is 0.0702. The Bertz CT molecular complexity index is 1820. The highest BCUT2D eigenvalue weighted by Gasteiger charge is 2.35. The van der Waals surface area contributed by atoms with E-state index in [-0.39, 0.29) is 33.6 Å². The van der Waals surface area contributed by atoms with Gasteiger partial charge in [0.1, 0.15) is 15.5 Å². The first-order valence-electron chi connectivity index (χ1n) is 12.9. The zero-order valence-electron chi connectivity index (χ0n) is 21.6. The van der Waals surface area contributed by atoms with E-state index in [9.17, 15) is 24.9 Å². The van der Waals surface area contributed by atoms with Crippen molar-refractivity contribution in [2.75, 3.05) is 6.61 Å². The van der Waals surface area contributed by atoms with Crippen molar-refractivity contribution in [3.63, 3.8) is 0 Å². The zero-order chi connectivity index (χ0) is 27.4. The molecule has 0 spiro atoms. The summed E-state index contributed by atoms with van der Waals surface area (Å²) in [5.41, 5.74) is 6.56. The van der Waals surface area contributed by atoms with E-state index in [2.05, 4.69) is 9.97 Å². The summed E-state index contributed by atoms with van der Waals surface area (Å²) in [4.78, 5) is 33.0. The van der Waals surface area contributed by atoms with Crippen LogP contribution in [0.25, 0.3) is 32.9 Å². The maximum Gasteiger partial charge on any atom is 0.346 e. The minimum Gasteiger partial charge on any atom is -0.506 e. The largest absolute Gasteiger partial charge is 0.506 e. The van der Waals surface area contributed by atoms with Gasteiger partial charge in [-0.25, -0.2) is 4.79 Å². The second-order valence-electron chi connectivity index (χ2n) is 10.3. The number of hydrogen-bond donors (Lipinski definition) is 5. The van der Waals surface area contributed by atoms with Gasteiger partial charge in [0, 0.05) is 44.8 Å². The number of allylic oxidation sites excluding steroid dienone is 1. The molecule has 0 amide bonds. The number of thiophene rings is 1. The number of aromatic amines is 2. The van der Waals surface area contributed by atoms with E-state index < -0.39 is 11.8 Å². The summed E-state index contributed by atoms with van der Waals surface area (Å²) < 4.78 is 0. The Morgan fingerprint density at radius 3 is 2.59 bits per heavy atom. The number of aromatic nitrogens is 2. The average Bonchev–Trinajstić information content (AvgIpc) is 3.41. The van der Waals surface area contributed by atoms with E-state index in [1.54, 1.807) is 6.20 Å². The molecule has 0 atom stereocenters. The first kappa shape index (κ1) is 25.2. The second kappa shape index (κ2) is 9.55. The molecule has 7 nitrogen and oxygen atoms in total. The molecule has 0 bridgehead atoms. The fourth-order valence-electron chi connectivity index (χ4n) is 5.37. The van der Waals surface area contributed by atoms with Crippen LogP contribution < -0.4 is 0 Å². The normalized spacial score (nSPS) is 14.0. The number of aliphatic hydroxyl groups excluding tert-OH is 1. The molecule has 1 saturated carbocycles. The number of aryl methyl sites for hydroxylation is 1. The lowest BCUT2D eigenvalue weighted by Crippen LogP contribution is -1.99. The van der Waals surface area contributed by atoms with Gasteiger partial charge in [0.2, 0.25) is 5.78 Å². The summed E-state index contributed by atoms with van der Waals surface area (Å²) in [6.07, 6.45) is 6.14. The number of carbonyl (C=O) groups is 2. The summed E-state index contributed by atoms with van der Waals surface area (Å²) in [5.74, 6) is -1.63. The number of carboxylic acid groups (broad SMARTS) is 1. The Morgan fingerprint density at radius 2 is 1.87 bits per heavy atom. The van der Waals surface area contributed by atoms with E-state index in [4.69, 9.17) is 0 Å². The number of carboxylic acids is 1. The highest BCUT2D eigenvalue weighted by molar-refractivity contribution is 7.17. The van der Waals surface area contributed by atoms with Gasteiger partial charge < -0.3 is 25.3 Å². The van der Waals surface area contributed by atoms with Gasteiger partial charge in [-0.3, -0.25) is 4.79 Å². The lowest BCUT2D eigenvalue weighted by atomic mass is 9.96. The summed E-state index contributed by atoms with van der Waals surface area (Å²) in [7, 11) is 0. The number of ketones is 1. The van der Waals surface area contributed by atoms with Crippen LogP contribution in [0.4, 0.5) is 0 Å². The van der Waals surface area contributed by atoms with Crippen molar-refractivity contribution in [2.45, 2.75) is 39.0 Å². The van der Waals surface area contributed by atoms with E-state index in [1.165, 1.54) is 0 Å². The third-order valence-electron chi connectivity index (χ3n) is 7.55. The molecular weight excluding hydrogens is 512 g/mol. The number of fused-ring (bicyclic) bond motifs is 2. The molecule has 0 radical (unpaired) electrons. The van der Waals surface area contributed by atoms with Crippen molar-refractivity contribution in [3.8, 4) is 16.9 Å². The van der Waals surface area contributed by atoms with E-state index in [0.717, 1.165) is 68.4 Å². The number of H-pyrrole nitrogens is 2. The second-order valence-corrected chi connectivity index (χ2v) is 11.3. The van der Waals surface area contributed by atoms with Crippen molar-refractivity contribution < 1.29 is 24.9 Å². The number of hydrogen-bond acceptors (Lipinski definition) is 5. The van der Waals surface area contributed by atoms with Crippen LogP contribution in [-0.4, -0.2) is 43.6 Å². The Labute approximate surface area is 228 Å². The van der Waals surface area contributed by atoms with Crippen molar-refractivity contribution in [2.24, 2.45) is 0 Å². The van der Waals surface area contributed by atoms with Gasteiger partial charge in [0.25, 0.3) is 0 Å². The monoisotopic (exact) mass is 540 g/mol. The number of benzene rings is 2. The minimum atomic E-state index is -1.18. The maximum absolute atomic E-state index is 14.0. The predicted octanol–water partition coefficient (Wildman–Crippen LogP) is 6.68. The summed E-state index contributed by atoms with van der Waals surface area (Å²) in [6, 6.07) is 11.6. The molecule has 8 heteroatoms. The van der Waals surface area contributed by atoms with Gasteiger partial charge in [-0.15, -0.1) is 11.3 Å². The van der Waals surface area contributed by atoms with Crippen LogP contribution in [0, 0.1) is 6.92 Å². The van der Waals surface area contributed by atoms with Crippen LogP contribution in [0.1, 0.15) is 67.4 Å². The van der Waals surface area contributed by atoms with Crippen LogP contribution in [0.3, 0.4) is 0 Å². The maximum atomic E-state index is 14.0. The van der Waals surface area contributed by atoms with E-state index >= 15 is 0 Å². The van der Waals surface area contributed by atoms with Gasteiger partial charge in [-0.2, -0.15) is 0 Å². The molecule has 1 aliphatic rings. The first-order chi connectivity index (χ1) is 18.8. The molecule has 39 heavy (non-hydrogen) atoms. The molecule has 0 aliphatic heterocycles. The number of aromatic carboxylic acids is 1. The highest BCUT2D eigenvalue weighted by Crippen LogP contribution is 2.52. The smallest absolute Gasteiger partial charge is 0.346 e. The van der Waals surface area contributed by atoms with Crippen molar-refractivity contribution in [1.82, 2.24) is 9.97 Å². The summed E-state index contributed by atoms with van der Waals surface area (Å²) in [5, 5.41) is 32.6. The standard InChI is InChI=1S/C31H28N2O5S/c1-15(14-34)7-9-17-10-8-16(2)22-20(13-32-25(17)22)27(35)30-28(36)24(29(39-30)31(37)38)23-19-5-3-4-6-21(19)33-26(23)18-11-12-18/h3-8,10,13,18,32-34,36H,9,11-12,14H2,1-2H3,(H,37,38)/b15-7-. The van der Waals surface area contributed by atoms with Crippen LogP contribution in [0.15, 0.2) is 54.2 Å². The van der Waals surface area contributed by atoms with Gasteiger partial charge in [-0.05, 0) is 56.2 Å². The molecular formula is C31H28N2O5S. The Balaban J connectivity index is 1.51. The summed E-state index contributed by atoms with van der Waals surface area (Å²) >= 11 is 0.820. The molecule has 0 saturated heterocycles. The van der Waals surface area contributed by atoms with Crippen LogP contribution in [0.2, 0.25) is 0 Å². The molecule has 3 aromatic heterocycles. The van der Waals surface area contributed by atoms with Crippen LogP contribution in [-0.2, 0) is 6.42 Å². The Morgan fingerprint density at radius 1 is 1.10 bits per heavy atom. The topological polar surface area (TPSA) is 126 Å².